The lowest BCUT2D eigenvalue weighted by Crippen LogP contribution is -2.15. The van der Waals surface area contributed by atoms with Crippen LogP contribution >= 0.6 is 0 Å². The van der Waals surface area contributed by atoms with Crippen molar-refractivity contribution in [2.24, 2.45) is 5.84 Å². The number of nitrogen functional groups attached to an aromatic ring is 1. The van der Waals surface area contributed by atoms with Crippen molar-refractivity contribution in [2.45, 2.75) is 6.92 Å². The van der Waals surface area contributed by atoms with Gasteiger partial charge in [-0.25, -0.2) is 15.6 Å². The molecule has 0 aliphatic carbocycles. The van der Waals surface area contributed by atoms with E-state index in [9.17, 15) is 4.79 Å². The minimum atomic E-state index is -0.432. The van der Waals surface area contributed by atoms with Gasteiger partial charge in [0.1, 0.15) is 5.56 Å². The van der Waals surface area contributed by atoms with Gasteiger partial charge in [0.25, 0.3) is 0 Å². The van der Waals surface area contributed by atoms with Crippen molar-refractivity contribution in [1.82, 2.24) is 4.98 Å². The highest BCUT2D eigenvalue weighted by molar-refractivity contribution is 5.99. The Morgan fingerprint density at radius 3 is 2.94 bits per heavy atom. The number of pyridine rings is 1. The Balaban J connectivity index is 2.56. The second-order valence-electron chi connectivity index (χ2n) is 3.44. The van der Waals surface area contributed by atoms with Crippen LogP contribution in [0.5, 0.6) is 0 Å². The number of fused-ring (bicyclic) bond motifs is 1. The Morgan fingerprint density at radius 2 is 2.24 bits per heavy atom. The zero-order valence-electron chi connectivity index (χ0n) is 9.43. The average molecular weight is 231 g/mol. The molecule has 3 N–H and O–H groups in total. The molecule has 2 rings (SSSR count). The van der Waals surface area contributed by atoms with Crippen LogP contribution in [0, 0.1) is 0 Å². The first-order chi connectivity index (χ1) is 8.26. The number of nitrogens with zero attached hydrogens (tertiary/aromatic N) is 1. The van der Waals surface area contributed by atoms with Crippen LogP contribution in [-0.4, -0.2) is 17.6 Å². The summed E-state index contributed by atoms with van der Waals surface area (Å²) >= 11 is 0. The number of ether oxygens (including phenoxy) is 1. The van der Waals surface area contributed by atoms with Crippen LogP contribution in [-0.2, 0) is 4.74 Å². The second-order valence-corrected chi connectivity index (χ2v) is 3.44. The lowest BCUT2D eigenvalue weighted by atomic mass is 10.1. The fourth-order valence-corrected chi connectivity index (χ4v) is 1.59. The summed E-state index contributed by atoms with van der Waals surface area (Å²) in [5.74, 6) is 5.25. The van der Waals surface area contributed by atoms with Crippen LogP contribution in [0.15, 0.2) is 30.3 Å². The molecule has 2 aromatic rings. The Hall–Kier alpha value is -2.14. The second kappa shape index (κ2) is 4.80. The predicted molar refractivity (Wildman–Crippen MR) is 65.5 cm³/mol. The molecule has 0 bridgehead atoms. The molecule has 0 atom stereocenters. The minimum Gasteiger partial charge on any atom is -0.462 e. The number of nitrogens with two attached hydrogens (primary N) is 1. The third kappa shape index (κ3) is 2.19. The van der Waals surface area contributed by atoms with Crippen LogP contribution in [0.25, 0.3) is 10.9 Å². The lowest BCUT2D eigenvalue weighted by molar-refractivity contribution is 0.0527. The zero-order chi connectivity index (χ0) is 12.3. The van der Waals surface area contributed by atoms with Gasteiger partial charge in [-0.2, -0.15) is 0 Å². The molecule has 0 unspecified atom stereocenters. The maximum absolute atomic E-state index is 11.7. The van der Waals surface area contributed by atoms with E-state index in [1.54, 1.807) is 13.0 Å². The molecule has 0 aliphatic heterocycles. The van der Waals surface area contributed by atoms with Crippen molar-refractivity contribution < 1.29 is 9.53 Å². The summed E-state index contributed by atoms with van der Waals surface area (Å²) in [6, 6.07) is 9.21. The molecule has 5 heteroatoms. The maximum atomic E-state index is 11.7. The van der Waals surface area contributed by atoms with Crippen LogP contribution in [0.3, 0.4) is 0 Å². The van der Waals surface area contributed by atoms with Gasteiger partial charge in [-0.1, -0.05) is 18.2 Å². The SMILES string of the molecule is CCOC(=O)c1cc2ccccc2nc1NN. The molecule has 0 fully saturated rings. The molecule has 0 aliphatic rings. The van der Waals surface area contributed by atoms with Crippen molar-refractivity contribution in [2.75, 3.05) is 12.0 Å². The highest BCUT2D eigenvalue weighted by atomic mass is 16.5. The summed E-state index contributed by atoms with van der Waals surface area (Å²) in [7, 11) is 0. The Bertz CT molecular complexity index is 554. The summed E-state index contributed by atoms with van der Waals surface area (Å²) in [6.07, 6.45) is 0. The molecule has 88 valence electrons. The molecule has 17 heavy (non-hydrogen) atoms. The molecule has 0 saturated carbocycles. The smallest absolute Gasteiger partial charge is 0.341 e. The van der Waals surface area contributed by atoms with Crippen molar-refractivity contribution in [3.05, 3.63) is 35.9 Å². The molecule has 1 aromatic heterocycles. The average Bonchev–Trinajstić information content (AvgIpc) is 2.37. The molecule has 5 nitrogen and oxygen atoms in total. The van der Waals surface area contributed by atoms with E-state index in [0.717, 1.165) is 10.9 Å². The van der Waals surface area contributed by atoms with Crippen molar-refractivity contribution in [3.63, 3.8) is 0 Å². The van der Waals surface area contributed by atoms with Gasteiger partial charge in [0.15, 0.2) is 5.82 Å². The first kappa shape index (κ1) is 11.3. The highest BCUT2D eigenvalue weighted by Crippen LogP contribution is 2.20. The summed E-state index contributed by atoms with van der Waals surface area (Å²) in [6.45, 7) is 2.07. The number of hydrazine groups is 1. The number of carbonyl (C=O) groups is 1. The highest BCUT2D eigenvalue weighted by Gasteiger charge is 2.14. The fourth-order valence-electron chi connectivity index (χ4n) is 1.59. The Kier molecular flexibility index (Phi) is 3.20. The zero-order valence-corrected chi connectivity index (χ0v) is 9.43. The van der Waals surface area contributed by atoms with Crippen LogP contribution in [0.4, 0.5) is 5.82 Å². The number of hydrogen-bond acceptors (Lipinski definition) is 5. The maximum Gasteiger partial charge on any atom is 0.341 e. The van der Waals surface area contributed by atoms with E-state index in [1.165, 1.54) is 0 Å². The third-order valence-corrected chi connectivity index (χ3v) is 2.36. The topological polar surface area (TPSA) is 77.2 Å². The number of esters is 1. The molecule has 1 heterocycles. The van der Waals surface area contributed by atoms with E-state index in [1.807, 2.05) is 24.3 Å². The van der Waals surface area contributed by atoms with Gasteiger partial charge in [0.05, 0.1) is 12.1 Å². The van der Waals surface area contributed by atoms with Crippen molar-refractivity contribution >= 4 is 22.7 Å². The number of anilines is 1. The van der Waals surface area contributed by atoms with E-state index in [2.05, 4.69) is 10.4 Å². The van der Waals surface area contributed by atoms with E-state index >= 15 is 0 Å². The molecule has 1 aromatic carbocycles. The normalized spacial score (nSPS) is 10.2. The van der Waals surface area contributed by atoms with Crippen molar-refractivity contribution in [1.29, 1.82) is 0 Å². The van der Waals surface area contributed by atoms with Gasteiger partial charge in [-0.15, -0.1) is 0 Å². The standard InChI is InChI=1S/C12H13N3O2/c1-2-17-12(16)9-7-8-5-3-4-6-10(8)14-11(9)15-13/h3-7H,2,13H2,1H3,(H,14,15). The van der Waals surface area contributed by atoms with Crippen molar-refractivity contribution in [3.8, 4) is 0 Å². The quantitative estimate of drug-likeness (QED) is 0.477. The van der Waals surface area contributed by atoms with E-state index in [4.69, 9.17) is 10.6 Å². The van der Waals surface area contributed by atoms with Gasteiger partial charge < -0.3 is 10.2 Å². The minimum absolute atomic E-state index is 0.315. The summed E-state index contributed by atoms with van der Waals surface area (Å²) in [5, 5.41) is 0.870. The Morgan fingerprint density at radius 1 is 1.47 bits per heavy atom. The summed E-state index contributed by atoms with van der Waals surface area (Å²) in [5.41, 5.74) is 3.53. The van der Waals surface area contributed by atoms with E-state index in [0.29, 0.717) is 18.0 Å². The molecule has 0 spiro atoms. The van der Waals surface area contributed by atoms with Crippen LogP contribution < -0.4 is 11.3 Å². The van der Waals surface area contributed by atoms with Gasteiger partial charge in [-0.3, -0.25) is 0 Å². The monoisotopic (exact) mass is 231 g/mol. The molecule has 0 amide bonds. The van der Waals surface area contributed by atoms with Gasteiger partial charge in [-0.05, 0) is 19.1 Å². The predicted octanol–water partition coefficient (Wildman–Crippen LogP) is 1.70. The van der Waals surface area contributed by atoms with Gasteiger partial charge in [0, 0.05) is 5.39 Å². The van der Waals surface area contributed by atoms with Crippen LogP contribution in [0.1, 0.15) is 17.3 Å². The molecule has 0 radical (unpaired) electrons. The lowest BCUT2D eigenvalue weighted by Gasteiger charge is -2.08. The first-order valence-corrected chi connectivity index (χ1v) is 5.29. The number of aromatic nitrogens is 1. The van der Waals surface area contributed by atoms with E-state index < -0.39 is 5.97 Å². The molecular weight excluding hydrogens is 218 g/mol. The number of hydrogen-bond donors (Lipinski definition) is 2. The number of para-hydroxylation sites is 1. The summed E-state index contributed by atoms with van der Waals surface area (Å²) < 4.78 is 4.94. The number of rotatable bonds is 3. The number of carbonyl (C=O) groups excluding carboxylic acids is 1. The molecular formula is C12H13N3O2. The van der Waals surface area contributed by atoms with E-state index in [-0.39, 0.29) is 0 Å². The first-order valence-electron chi connectivity index (χ1n) is 5.29. The third-order valence-electron chi connectivity index (χ3n) is 2.36. The summed E-state index contributed by atoms with van der Waals surface area (Å²) in [4.78, 5) is 16.0. The molecule has 0 saturated heterocycles. The largest absolute Gasteiger partial charge is 0.462 e. The van der Waals surface area contributed by atoms with Gasteiger partial charge in [0.2, 0.25) is 0 Å². The number of nitrogens with one attached hydrogen (secondary N) is 1. The van der Waals surface area contributed by atoms with Crippen LogP contribution in [0.2, 0.25) is 0 Å². The fraction of sp³-hybridized carbons (Fsp3) is 0.167. The Labute approximate surface area is 98.6 Å². The number of benzene rings is 1. The van der Waals surface area contributed by atoms with Gasteiger partial charge >= 0.3 is 5.97 Å².